The Morgan fingerprint density at radius 1 is 0.742 bits per heavy atom. The summed E-state index contributed by atoms with van der Waals surface area (Å²) in [5.41, 5.74) is -9.47. The average Bonchev–Trinajstić information content (AvgIpc) is 2.64. The second-order valence-electron chi connectivity index (χ2n) is 6.68. The first-order valence-corrected chi connectivity index (χ1v) is 8.45. The summed E-state index contributed by atoms with van der Waals surface area (Å²) < 4.78 is 132. The molecule has 0 aliphatic heterocycles. The van der Waals surface area contributed by atoms with Gasteiger partial charge in [-0.3, -0.25) is 0 Å². The zero-order valence-corrected chi connectivity index (χ0v) is 15.5. The van der Waals surface area contributed by atoms with Crippen molar-refractivity contribution in [1.82, 2.24) is 0 Å². The van der Waals surface area contributed by atoms with Crippen LogP contribution < -0.4 is 5.46 Å². The van der Waals surface area contributed by atoms with Gasteiger partial charge in [0.05, 0.1) is 5.56 Å². The number of hydrogen-bond acceptors (Lipinski definition) is 0. The summed E-state index contributed by atoms with van der Waals surface area (Å²) in [5, 5.41) is 0. The van der Waals surface area contributed by atoms with Gasteiger partial charge < -0.3 is 0 Å². The molecule has 0 amide bonds. The van der Waals surface area contributed by atoms with Crippen LogP contribution in [0.3, 0.4) is 0 Å². The van der Waals surface area contributed by atoms with Gasteiger partial charge in [-0.15, -0.1) is 6.58 Å². The van der Waals surface area contributed by atoms with Crippen molar-refractivity contribution in [2.24, 2.45) is 0 Å². The molecule has 0 saturated heterocycles. The molecule has 0 heterocycles. The number of alkyl halides is 10. The molecule has 0 aliphatic carbocycles. The van der Waals surface area contributed by atoms with Gasteiger partial charge in [-0.25, -0.2) is 4.39 Å². The Bertz CT molecular complexity index is 951. The molecule has 0 radical (unpaired) electrons. The van der Waals surface area contributed by atoms with Gasteiger partial charge >= 0.3 is 24.2 Å². The van der Waals surface area contributed by atoms with Gasteiger partial charge in [0.15, 0.2) is 7.28 Å². The molecule has 0 unspecified atom stereocenters. The summed E-state index contributed by atoms with van der Waals surface area (Å²) in [6, 6.07) is 6.15. The van der Waals surface area contributed by atoms with E-state index in [1.165, 1.54) is 18.2 Å². The lowest BCUT2D eigenvalue weighted by molar-refractivity contribution is -0.348. The molecule has 11 heteroatoms. The van der Waals surface area contributed by atoms with Crippen molar-refractivity contribution < 1.29 is 43.9 Å². The molecule has 0 bridgehead atoms. The number of benzene rings is 2. The van der Waals surface area contributed by atoms with Gasteiger partial charge in [0.25, 0.3) is 0 Å². The van der Waals surface area contributed by atoms with Crippen LogP contribution in [0.15, 0.2) is 55.6 Å². The molecule has 0 spiro atoms. The highest BCUT2D eigenvalue weighted by atomic mass is 19.4. The minimum atomic E-state index is -6.54. The van der Waals surface area contributed by atoms with E-state index in [1.807, 2.05) is 0 Å². The quantitative estimate of drug-likeness (QED) is 0.364. The van der Waals surface area contributed by atoms with Crippen molar-refractivity contribution in [3.63, 3.8) is 0 Å². The van der Waals surface area contributed by atoms with Crippen LogP contribution in [-0.4, -0.2) is 19.6 Å². The number of hydrogen-bond donors (Lipinski definition) is 0. The molecule has 31 heavy (non-hydrogen) atoms. The fourth-order valence-corrected chi connectivity index (χ4v) is 2.85. The van der Waals surface area contributed by atoms with Crippen LogP contribution in [0.1, 0.15) is 22.3 Å². The summed E-state index contributed by atoms with van der Waals surface area (Å²) >= 11 is 0. The molecule has 2 rings (SSSR count). The Morgan fingerprint density at radius 3 is 1.65 bits per heavy atom. The zero-order valence-electron chi connectivity index (χ0n) is 15.5. The molecule has 2 aromatic carbocycles. The van der Waals surface area contributed by atoms with Gasteiger partial charge in [0.1, 0.15) is 0 Å². The summed E-state index contributed by atoms with van der Waals surface area (Å²) in [6.07, 6.45) is -16.9. The highest BCUT2D eigenvalue weighted by Crippen LogP contribution is 2.53. The monoisotopic (exact) mass is 454 g/mol. The molecular formula is C20H13BF10. The summed E-state index contributed by atoms with van der Waals surface area (Å²) in [5.74, 6) is 0. The molecule has 0 aliphatic rings. The maximum Gasteiger partial charge on any atom is 0.435 e. The van der Waals surface area contributed by atoms with Crippen LogP contribution in [0.5, 0.6) is 0 Å². The first-order chi connectivity index (χ1) is 14.0. The fraction of sp³-hybridized carbons (Fsp3) is 0.200. The maximum atomic E-state index is 14.4. The zero-order chi connectivity index (χ0) is 23.8. The first kappa shape index (κ1) is 24.6. The minimum absolute atomic E-state index is 0.101. The van der Waals surface area contributed by atoms with Crippen LogP contribution in [0.25, 0.3) is 11.5 Å². The molecule has 0 saturated carbocycles. The van der Waals surface area contributed by atoms with Crippen molar-refractivity contribution in [3.8, 4) is 0 Å². The van der Waals surface area contributed by atoms with E-state index < -0.39 is 54.1 Å². The van der Waals surface area contributed by atoms with E-state index in [4.69, 9.17) is 0 Å². The molecule has 0 atom stereocenters. The van der Waals surface area contributed by atoms with Crippen molar-refractivity contribution >= 4 is 24.3 Å². The summed E-state index contributed by atoms with van der Waals surface area (Å²) in [4.78, 5) is 0. The second kappa shape index (κ2) is 8.09. The van der Waals surface area contributed by atoms with Gasteiger partial charge in [-0.1, -0.05) is 60.0 Å². The molecule has 0 nitrogen and oxygen atoms in total. The third kappa shape index (κ3) is 4.96. The number of rotatable bonds is 5. The molecule has 166 valence electrons. The predicted molar refractivity (Wildman–Crippen MR) is 98.7 cm³/mol. The highest BCUT2D eigenvalue weighted by molar-refractivity contribution is 6.73. The van der Waals surface area contributed by atoms with E-state index in [0.717, 1.165) is 0 Å². The van der Waals surface area contributed by atoms with E-state index in [0.29, 0.717) is 17.2 Å². The molecule has 0 fully saturated rings. The molecule has 0 aromatic heterocycles. The number of halogens is 10. The third-order valence-electron chi connectivity index (χ3n) is 4.47. The van der Waals surface area contributed by atoms with Crippen LogP contribution in [-0.2, 0) is 11.8 Å². The third-order valence-corrected chi connectivity index (χ3v) is 4.47. The Hall–Kier alpha value is -2.72. The van der Waals surface area contributed by atoms with Crippen LogP contribution in [0.2, 0.25) is 0 Å². The van der Waals surface area contributed by atoms with Gasteiger partial charge in [-0.2, -0.15) is 39.5 Å². The van der Waals surface area contributed by atoms with Crippen molar-refractivity contribution in [2.45, 2.75) is 24.2 Å². The first-order valence-electron chi connectivity index (χ1n) is 8.45. The van der Waals surface area contributed by atoms with Crippen molar-refractivity contribution in [2.75, 3.05) is 0 Å². The van der Waals surface area contributed by atoms with E-state index in [9.17, 15) is 43.9 Å². The van der Waals surface area contributed by atoms with Crippen LogP contribution in [0, 0.1) is 0 Å². The Kier molecular flexibility index (Phi) is 6.40. The smallest absolute Gasteiger partial charge is 0.218 e. The van der Waals surface area contributed by atoms with E-state index in [-0.39, 0.29) is 11.5 Å². The second-order valence-corrected chi connectivity index (χ2v) is 6.68. The lowest BCUT2D eigenvalue weighted by atomic mass is 9.61. The standard InChI is InChI=1S/C20H13BF10/c1-3-12-4-6-13(7-5-12)11(2)21-16-9-14(8-15(10-16)18(23,24)25)17(22,19(26,27)28)20(29,30)31/h3-10,21H,1-2H2. The van der Waals surface area contributed by atoms with Crippen molar-refractivity contribution in [3.05, 3.63) is 77.9 Å². The Balaban J connectivity index is 2.61. The van der Waals surface area contributed by atoms with E-state index in [2.05, 4.69) is 13.2 Å². The Morgan fingerprint density at radius 2 is 1.23 bits per heavy atom. The van der Waals surface area contributed by atoms with Gasteiger partial charge in [0.2, 0.25) is 0 Å². The normalized spacial score (nSPS) is 13.1. The lowest BCUT2D eigenvalue weighted by Gasteiger charge is -2.31. The SMILES string of the molecule is C=Cc1ccc(C(=C)Bc2cc(C(F)(F)F)cc(C(F)(C(F)(F)F)C(F)(F)F)c2)cc1. The summed E-state index contributed by atoms with van der Waals surface area (Å²) in [7, 11) is -0.545. The van der Waals surface area contributed by atoms with Crippen LogP contribution >= 0.6 is 0 Å². The fourth-order valence-electron chi connectivity index (χ4n) is 2.85. The molecule has 0 N–H and O–H groups in total. The Labute approximate surface area is 171 Å². The maximum absolute atomic E-state index is 14.4. The van der Waals surface area contributed by atoms with Gasteiger partial charge in [-0.05, 0) is 17.2 Å². The van der Waals surface area contributed by atoms with Gasteiger partial charge in [0, 0.05) is 5.56 Å². The molecular weight excluding hydrogens is 441 g/mol. The van der Waals surface area contributed by atoms with E-state index >= 15 is 0 Å². The highest BCUT2D eigenvalue weighted by Gasteiger charge is 2.73. The summed E-state index contributed by atoms with van der Waals surface area (Å²) in [6.45, 7) is 7.14. The minimum Gasteiger partial charge on any atom is -0.218 e. The lowest BCUT2D eigenvalue weighted by Crippen LogP contribution is -2.51. The average molecular weight is 454 g/mol. The topological polar surface area (TPSA) is 0 Å². The predicted octanol–water partition coefficient (Wildman–Crippen LogP) is 6.37. The van der Waals surface area contributed by atoms with Crippen molar-refractivity contribution in [1.29, 1.82) is 0 Å². The largest absolute Gasteiger partial charge is 0.435 e. The van der Waals surface area contributed by atoms with E-state index in [1.54, 1.807) is 12.1 Å². The van der Waals surface area contributed by atoms with Crippen LogP contribution in [0.4, 0.5) is 43.9 Å². The molecule has 2 aromatic rings.